The first-order valence-electron chi connectivity index (χ1n) is 9.48. The second kappa shape index (κ2) is 8.75. The fourth-order valence-corrected chi connectivity index (χ4v) is 3.65. The Hall–Kier alpha value is -1.38. The number of rotatable bonds is 3. The highest BCUT2D eigenvalue weighted by Crippen LogP contribution is 2.20. The van der Waals surface area contributed by atoms with E-state index in [1.165, 1.54) is 0 Å². The van der Waals surface area contributed by atoms with Crippen LogP contribution in [0.5, 0.6) is 0 Å². The van der Waals surface area contributed by atoms with Crippen LogP contribution in [0.2, 0.25) is 0 Å². The molecule has 0 aromatic carbocycles. The molecule has 0 spiro atoms. The van der Waals surface area contributed by atoms with Gasteiger partial charge in [0.1, 0.15) is 11.4 Å². The number of morpholine rings is 1. The number of anilines is 1. The molecule has 0 N–H and O–H groups in total. The van der Waals surface area contributed by atoms with E-state index in [1.807, 2.05) is 39.1 Å². The fraction of sp³-hybridized carbons (Fsp3) is 0.684. The average molecular weight is 441 g/mol. The van der Waals surface area contributed by atoms with Crippen molar-refractivity contribution in [1.29, 1.82) is 0 Å². The topological polar surface area (TPSA) is 58.1 Å². The fourth-order valence-electron chi connectivity index (χ4n) is 3.33. The Labute approximate surface area is 169 Å². The van der Waals surface area contributed by atoms with Gasteiger partial charge in [-0.05, 0) is 32.9 Å². The van der Waals surface area contributed by atoms with Crippen LogP contribution < -0.4 is 4.90 Å². The second-order valence-electron chi connectivity index (χ2n) is 8.04. The Morgan fingerprint density at radius 1 is 1.30 bits per heavy atom. The summed E-state index contributed by atoms with van der Waals surface area (Å²) in [6.07, 6.45) is 1.75. The van der Waals surface area contributed by atoms with Gasteiger partial charge in [0.25, 0.3) is 0 Å². The molecular weight excluding hydrogens is 412 g/mol. The molecule has 2 aliphatic rings. The molecule has 3 rings (SSSR count). The lowest BCUT2D eigenvalue weighted by molar-refractivity contribution is -0.00612. The van der Waals surface area contributed by atoms with Gasteiger partial charge < -0.3 is 19.3 Å². The third kappa shape index (κ3) is 6.05. The van der Waals surface area contributed by atoms with Gasteiger partial charge >= 0.3 is 6.09 Å². The molecule has 150 valence electrons. The smallest absolute Gasteiger partial charge is 0.410 e. The number of hydrogen-bond acceptors (Lipinski definition) is 6. The number of ether oxygens (including phenoxy) is 2. The summed E-state index contributed by atoms with van der Waals surface area (Å²) < 4.78 is 12.5. The van der Waals surface area contributed by atoms with Gasteiger partial charge in [-0.15, -0.1) is 0 Å². The molecule has 7 nitrogen and oxygen atoms in total. The number of hydrogen-bond donors (Lipinski definition) is 0. The average Bonchev–Trinajstić information content (AvgIpc) is 2.61. The van der Waals surface area contributed by atoms with E-state index in [4.69, 9.17) is 9.47 Å². The van der Waals surface area contributed by atoms with Crippen molar-refractivity contribution in [3.8, 4) is 0 Å². The highest BCUT2D eigenvalue weighted by Gasteiger charge is 2.28. The molecule has 3 heterocycles. The quantitative estimate of drug-likeness (QED) is 0.719. The van der Waals surface area contributed by atoms with Crippen molar-refractivity contribution in [2.24, 2.45) is 0 Å². The summed E-state index contributed by atoms with van der Waals surface area (Å²) in [6.45, 7) is 12.0. The third-order valence-electron chi connectivity index (χ3n) is 4.66. The SMILES string of the molecule is CC(C)(C)OC(=O)N1CCN(CC2CN(c3cc(Br)ccn3)CCO2)CC1. The highest BCUT2D eigenvalue weighted by molar-refractivity contribution is 9.10. The van der Waals surface area contributed by atoms with E-state index in [0.717, 1.165) is 43.0 Å². The molecule has 0 saturated carbocycles. The standard InChI is InChI=1S/C19H29BrN4O3/c1-19(2,3)27-18(25)23-8-6-22(7-9-23)13-16-14-24(10-11-26-16)17-12-15(20)4-5-21-17/h4-5,12,16H,6-11,13-14H2,1-3H3. The van der Waals surface area contributed by atoms with Crippen LogP contribution in [0.25, 0.3) is 0 Å². The molecule has 1 unspecified atom stereocenters. The van der Waals surface area contributed by atoms with E-state index in [-0.39, 0.29) is 12.2 Å². The molecule has 0 aliphatic carbocycles. The van der Waals surface area contributed by atoms with Crippen LogP contribution in [0, 0.1) is 0 Å². The lowest BCUT2D eigenvalue weighted by atomic mass is 10.2. The minimum absolute atomic E-state index is 0.146. The second-order valence-corrected chi connectivity index (χ2v) is 8.95. The van der Waals surface area contributed by atoms with E-state index in [2.05, 4.69) is 30.7 Å². The first kappa shape index (κ1) is 20.4. The van der Waals surface area contributed by atoms with E-state index in [1.54, 1.807) is 4.90 Å². The molecule has 1 aromatic heterocycles. The molecule has 27 heavy (non-hydrogen) atoms. The number of amides is 1. The van der Waals surface area contributed by atoms with Gasteiger partial charge in [0.2, 0.25) is 0 Å². The zero-order valence-electron chi connectivity index (χ0n) is 16.4. The van der Waals surface area contributed by atoms with Crippen LogP contribution in [-0.2, 0) is 9.47 Å². The summed E-state index contributed by atoms with van der Waals surface area (Å²) in [6, 6.07) is 3.98. The monoisotopic (exact) mass is 440 g/mol. The van der Waals surface area contributed by atoms with Gasteiger partial charge in [-0.3, -0.25) is 4.90 Å². The molecular formula is C19H29BrN4O3. The minimum atomic E-state index is -0.450. The van der Waals surface area contributed by atoms with Gasteiger partial charge in [0.05, 0.1) is 12.7 Å². The number of aromatic nitrogens is 1. The predicted molar refractivity (Wildman–Crippen MR) is 108 cm³/mol. The number of pyridine rings is 1. The van der Waals surface area contributed by atoms with Crippen molar-refractivity contribution in [2.45, 2.75) is 32.5 Å². The highest BCUT2D eigenvalue weighted by atomic mass is 79.9. The summed E-state index contributed by atoms with van der Waals surface area (Å²) in [5.41, 5.74) is -0.450. The largest absolute Gasteiger partial charge is 0.444 e. The Bertz CT molecular complexity index is 644. The predicted octanol–water partition coefficient (Wildman–Crippen LogP) is 2.60. The maximum atomic E-state index is 12.2. The Morgan fingerprint density at radius 3 is 2.70 bits per heavy atom. The van der Waals surface area contributed by atoms with Crippen LogP contribution in [0.4, 0.5) is 10.6 Å². The maximum absolute atomic E-state index is 12.2. The first-order chi connectivity index (χ1) is 12.8. The van der Waals surface area contributed by atoms with Crippen molar-refractivity contribution in [3.63, 3.8) is 0 Å². The Kier molecular flexibility index (Phi) is 6.60. The summed E-state index contributed by atoms with van der Waals surface area (Å²) in [5, 5.41) is 0. The van der Waals surface area contributed by atoms with Gasteiger partial charge in [-0.1, -0.05) is 15.9 Å². The van der Waals surface area contributed by atoms with Crippen LogP contribution in [0.15, 0.2) is 22.8 Å². The van der Waals surface area contributed by atoms with E-state index in [9.17, 15) is 4.79 Å². The molecule has 1 amide bonds. The van der Waals surface area contributed by atoms with Crippen molar-refractivity contribution in [2.75, 3.05) is 57.3 Å². The first-order valence-corrected chi connectivity index (χ1v) is 10.3. The van der Waals surface area contributed by atoms with Gasteiger partial charge in [0.15, 0.2) is 0 Å². The molecule has 2 aliphatic heterocycles. The number of piperazine rings is 1. The van der Waals surface area contributed by atoms with E-state index < -0.39 is 5.60 Å². The van der Waals surface area contributed by atoms with Crippen LogP contribution in [-0.4, -0.2) is 85.0 Å². The minimum Gasteiger partial charge on any atom is -0.444 e. The number of carbonyl (C=O) groups excluding carboxylic acids is 1. The normalized spacial score (nSPS) is 22.0. The van der Waals surface area contributed by atoms with Crippen LogP contribution in [0.1, 0.15) is 20.8 Å². The van der Waals surface area contributed by atoms with Crippen molar-refractivity contribution in [3.05, 3.63) is 22.8 Å². The number of halogens is 1. The molecule has 8 heteroatoms. The maximum Gasteiger partial charge on any atom is 0.410 e. The number of carbonyl (C=O) groups is 1. The molecule has 1 atom stereocenters. The molecule has 0 bridgehead atoms. The summed E-state index contributed by atoms with van der Waals surface area (Å²) in [7, 11) is 0. The summed E-state index contributed by atoms with van der Waals surface area (Å²) in [4.78, 5) is 23.1. The van der Waals surface area contributed by atoms with Crippen LogP contribution in [0.3, 0.4) is 0 Å². The van der Waals surface area contributed by atoms with Gasteiger partial charge in [-0.2, -0.15) is 0 Å². The zero-order chi connectivity index (χ0) is 19.4. The number of nitrogens with zero attached hydrogens (tertiary/aromatic N) is 4. The Balaban J connectivity index is 1.47. The van der Waals surface area contributed by atoms with E-state index in [0.29, 0.717) is 19.7 Å². The molecule has 0 radical (unpaired) electrons. The molecule has 1 aromatic rings. The Morgan fingerprint density at radius 2 is 2.04 bits per heavy atom. The zero-order valence-corrected chi connectivity index (χ0v) is 17.9. The molecule has 2 fully saturated rings. The van der Waals surface area contributed by atoms with Gasteiger partial charge in [0, 0.05) is 56.5 Å². The van der Waals surface area contributed by atoms with Crippen molar-refractivity contribution < 1.29 is 14.3 Å². The molecule has 2 saturated heterocycles. The third-order valence-corrected chi connectivity index (χ3v) is 5.15. The van der Waals surface area contributed by atoms with E-state index >= 15 is 0 Å². The summed E-state index contributed by atoms with van der Waals surface area (Å²) >= 11 is 3.51. The van der Waals surface area contributed by atoms with Crippen molar-refractivity contribution >= 4 is 27.8 Å². The van der Waals surface area contributed by atoms with Gasteiger partial charge in [-0.25, -0.2) is 9.78 Å². The lowest BCUT2D eigenvalue weighted by Crippen LogP contribution is -2.54. The van der Waals surface area contributed by atoms with Crippen LogP contribution >= 0.6 is 15.9 Å². The van der Waals surface area contributed by atoms with Crippen molar-refractivity contribution in [1.82, 2.24) is 14.8 Å². The summed E-state index contributed by atoms with van der Waals surface area (Å²) in [5.74, 6) is 0.979. The lowest BCUT2D eigenvalue weighted by Gasteiger charge is -2.39.